The van der Waals surface area contributed by atoms with E-state index in [9.17, 15) is 4.79 Å². The van der Waals surface area contributed by atoms with Gasteiger partial charge in [-0.15, -0.1) is 15.0 Å². The third-order valence-electron chi connectivity index (χ3n) is 4.37. The van der Waals surface area contributed by atoms with Crippen LogP contribution < -0.4 is 22.8 Å². The van der Waals surface area contributed by atoms with Crippen LogP contribution in [0.2, 0.25) is 0 Å². The van der Waals surface area contributed by atoms with Gasteiger partial charge in [-0.25, -0.2) is 4.99 Å². The minimum absolute atomic E-state index is 0.0706. The Morgan fingerprint density at radius 1 is 1.03 bits per heavy atom. The third kappa shape index (κ3) is 3.38. The lowest BCUT2D eigenvalue weighted by Gasteiger charge is -2.11. The van der Waals surface area contributed by atoms with Crippen LogP contribution in [0.15, 0.2) is 63.3 Å². The van der Waals surface area contributed by atoms with Gasteiger partial charge in [-0.05, 0) is 37.3 Å². The van der Waals surface area contributed by atoms with Gasteiger partial charge in [-0.1, -0.05) is 18.2 Å². The van der Waals surface area contributed by atoms with Crippen molar-refractivity contribution < 1.29 is 0 Å². The first kappa shape index (κ1) is 18.2. The molecule has 2 aromatic heterocycles. The van der Waals surface area contributed by atoms with Gasteiger partial charge in [0.05, 0.1) is 11.2 Å². The van der Waals surface area contributed by atoms with Crippen LogP contribution in [-0.4, -0.2) is 31.5 Å². The Hall–Kier alpha value is -4.21. The molecular formula is C19H19N9O. The predicted octanol–water partition coefficient (Wildman–Crippen LogP) is 0.975. The largest absolute Gasteiger partial charge is 0.370 e. The molecule has 6 N–H and O–H groups in total. The number of aromatic nitrogens is 4. The number of pyridine rings is 1. The van der Waals surface area contributed by atoms with Crippen LogP contribution in [0.3, 0.4) is 0 Å². The van der Waals surface area contributed by atoms with E-state index in [2.05, 4.69) is 20.2 Å². The number of nitrogens with two attached hydrogens (primary N) is 3. The zero-order chi connectivity index (χ0) is 20.5. The van der Waals surface area contributed by atoms with Crippen molar-refractivity contribution in [3.63, 3.8) is 0 Å². The van der Waals surface area contributed by atoms with Gasteiger partial charge in [-0.3, -0.25) is 4.79 Å². The summed E-state index contributed by atoms with van der Waals surface area (Å²) in [6, 6.07) is 14.6. The molecule has 2 aromatic carbocycles. The van der Waals surface area contributed by atoms with Crippen molar-refractivity contribution in [3.05, 3.63) is 58.9 Å². The molecule has 0 amide bonds. The van der Waals surface area contributed by atoms with Crippen LogP contribution >= 0.6 is 0 Å². The molecule has 0 unspecified atom stereocenters. The number of hydrogen-bond donors (Lipinski definition) is 3. The lowest BCUT2D eigenvalue weighted by Crippen LogP contribution is -2.26. The number of guanidine groups is 2. The highest BCUT2D eigenvalue weighted by molar-refractivity contribution is 5.94. The first-order valence-corrected chi connectivity index (χ1v) is 8.90. The monoisotopic (exact) mass is 389 g/mol. The SMILES string of the molecule is CCn1c(=O)c(-n2nc3ccccc3n2)cc2ccc(N=C(N)N=C(N)N)cc21. The Labute approximate surface area is 165 Å². The number of aryl methyl sites for hydroxylation is 1. The van der Waals surface area contributed by atoms with Gasteiger partial charge < -0.3 is 21.8 Å². The zero-order valence-corrected chi connectivity index (χ0v) is 15.6. The molecule has 0 spiro atoms. The Kier molecular flexibility index (Phi) is 4.43. The van der Waals surface area contributed by atoms with Crippen molar-refractivity contribution in [2.45, 2.75) is 13.5 Å². The third-order valence-corrected chi connectivity index (χ3v) is 4.37. The van der Waals surface area contributed by atoms with Crippen molar-refractivity contribution in [3.8, 4) is 5.69 Å². The summed E-state index contributed by atoms with van der Waals surface area (Å²) in [6.45, 7) is 2.35. The zero-order valence-electron chi connectivity index (χ0n) is 15.6. The molecule has 0 aliphatic heterocycles. The average molecular weight is 389 g/mol. The fourth-order valence-electron chi connectivity index (χ4n) is 3.13. The summed E-state index contributed by atoms with van der Waals surface area (Å²) in [5.41, 5.74) is 19.1. The van der Waals surface area contributed by atoms with Crippen molar-refractivity contribution >= 4 is 39.5 Å². The van der Waals surface area contributed by atoms with Crippen LogP contribution in [0.25, 0.3) is 27.6 Å². The van der Waals surface area contributed by atoms with Crippen LogP contribution in [0.4, 0.5) is 5.69 Å². The van der Waals surface area contributed by atoms with Gasteiger partial charge in [0.25, 0.3) is 5.56 Å². The summed E-state index contributed by atoms with van der Waals surface area (Å²) in [6.07, 6.45) is 0. The number of fused-ring (bicyclic) bond motifs is 2. The van der Waals surface area contributed by atoms with Gasteiger partial charge in [0.2, 0.25) is 5.96 Å². The maximum atomic E-state index is 13.1. The second kappa shape index (κ2) is 7.08. The first-order chi connectivity index (χ1) is 14.0. The molecular weight excluding hydrogens is 370 g/mol. The minimum atomic E-state index is -0.210. The minimum Gasteiger partial charge on any atom is -0.370 e. The number of rotatable bonds is 3. The van der Waals surface area contributed by atoms with Gasteiger partial charge in [0.15, 0.2) is 11.6 Å². The first-order valence-electron chi connectivity index (χ1n) is 8.90. The maximum absolute atomic E-state index is 13.1. The summed E-state index contributed by atoms with van der Waals surface area (Å²) >= 11 is 0. The van der Waals surface area contributed by atoms with Gasteiger partial charge in [0.1, 0.15) is 11.0 Å². The molecule has 29 heavy (non-hydrogen) atoms. The Bertz CT molecular complexity index is 1310. The smallest absolute Gasteiger partial charge is 0.278 e. The van der Waals surface area contributed by atoms with E-state index in [1.807, 2.05) is 37.3 Å². The molecule has 146 valence electrons. The maximum Gasteiger partial charge on any atom is 0.278 e. The molecule has 0 radical (unpaired) electrons. The molecule has 10 nitrogen and oxygen atoms in total. The highest BCUT2D eigenvalue weighted by Gasteiger charge is 2.13. The fraction of sp³-hybridized carbons (Fsp3) is 0.105. The second-order valence-corrected chi connectivity index (χ2v) is 6.31. The van der Waals surface area contributed by atoms with E-state index >= 15 is 0 Å². The number of hydrogen-bond acceptors (Lipinski definition) is 4. The molecule has 0 atom stereocenters. The van der Waals surface area contributed by atoms with E-state index in [4.69, 9.17) is 17.2 Å². The van der Waals surface area contributed by atoms with E-state index in [1.165, 1.54) is 4.80 Å². The highest BCUT2D eigenvalue weighted by Crippen LogP contribution is 2.22. The molecule has 0 fully saturated rings. The van der Waals surface area contributed by atoms with Crippen LogP contribution in [0.1, 0.15) is 6.92 Å². The summed E-state index contributed by atoms with van der Waals surface area (Å²) in [5.74, 6) is -0.250. The van der Waals surface area contributed by atoms with E-state index in [1.54, 1.807) is 22.8 Å². The van der Waals surface area contributed by atoms with Crippen molar-refractivity contribution in [1.82, 2.24) is 19.6 Å². The van der Waals surface area contributed by atoms with E-state index in [-0.39, 0.29) is 17.5 Å². The predicted molar refractivity (Wildman–Crippen MR) is 113 cm³/mol. The number of aliphatic imine (C=N–C) groups is 2. The molecule has 0 aliphatic carbocycles. The molecule has 10 heteroatoms. The van der Waals surface area contributed by atoms with Gasteiger partial charge in [-0.2, -0.15) is 4.99 Å². The molecule has 0 saturated heterocycles. The molecule has 0 saturated carbocycles. The summed E-state index contributed by atoms with van der Waals surface area (Å²) in [7, 11) is 0. The molecule has 4 aromatic rings. The molecule has 0 bridgehead atoms. The molecule has 0 aliphatic rings. The van der Waals surface area contributed by atoms with E-state index in [0.29, 0.717) is 23.4 Å². The second-order valence-electron chi connectivity index (χ2n) is 6.31. The quantitative estimate of drug-likeness (QED) is 0.350. The summed E-state index contributed by atoms with van der Waals surface area (Å²) in [4.78, 5) is 22.4. The average Bonchev–Trinajstić information content (AvgIpc) is 3.11. The van der Waals surface area contributed by atoms with E-state index in [0.717, 1.165) is 16.4 Å². The number of benzene rings is 2. The van der Waals surface area contributed by atoms with Crippen LogP contribution in [-0.2, 0) is 6.54 Å². The lowest BCUT2D eigenvalue weighted by molar-refractivity contribution is 0.708. The summed E-state index contributed by atoms with van der Waals surface area (Å²) in [5, 5.41) is 9.69. The van der Waals surface area contributed by atoms with Crippen molar-refractivity contribution in [2.75, 3.05) is 0 Å². The summed E-state index contributed by atoms with van der Waals surface area (Å²) < 4.78 is 1.63. The van der Waals surface area contributed by atoms with Gasteiger partial charge >= 0.3 is 0 Å². The number of nitrogens with zero attached hydrogens (tertiary/aromatic N) is 6. The lowest BCUT2D eigenvalue weighted by atomic mass is 10.2. The fourth-order valence-corrected chi connectivity index (χ4v) is 3.13. The van der Waals surface area contributed by atoms with Gasteiger partial charge in [0, 0.05) is 11.9 Å². The molecule has 4 rings (SSSR count). The highest BCUT2D eigenvalue weighted by atomic mass is 16.1. The van der Waals surface area contributed by atoms with Crippen molar-refractivity contribution in [2.24, 2.45) is 27.2 Å². The van der Waals surface area contributed by atoms with Crippen LogP contribution in [0, 0.1) is 0 Å². The Balaban J connectivity index is 1.89. The standard InChI is InChI=1S/C19H19N9O/c1-2-27-15-10-12(23-19(22)24-18(20)21)8-7-11(15)9-16(17(27)29)28-25-13-5-3-4-6-14(13)26-28/h3-10H,2H2,1H3,(H6,20,21,22,23,24). The molecule has 2 heterocycles. The normalized spacial score (nSPS) is 11.8. The van der Waals surface area contributed by atoms with Crippen LogP contribution in [0.5, 0.6) is 0 Å². The van der Waals surface area contributed by atoms with Crippen molar-refractivity contribution in [1.29, 1.82) is 0 Å². The topological polar surface area (TPSA) is 155 Å². The Morgan fingerprint density at radius 3 is 2.34 bits per heavy atom. The Morgan fingerprint density at radius 2 is 1.72 bits per heavy atom. The van der Waals surface area contributed by atoms with E-state index < -0.39 is 0 Å².